The lowest BCUT2D eigenvalue weighted by Crippen LogP contribution is -2.54. The van der Waals surface area contributed by atoms with Crippen LogP contribution in [-0.4, -0.2) is 85.6 Å². The molecule has 0 unspecified atom stereocenters. The fraction of sp³-hybridized carbons (Fsp3) is 0.436. The molecule has 1 saturated heterocycles. The summed E-state index contributed by atoms with van der Waals surface area (Å²) in [4.78, 5) is 54.0. The summed E-state index contributed by atoms with van der Waals surface area (Å²) in [7, 11) is 0. The molecule has 1 aliphatic heterocycles. The third-order valence-electron chi connectivity index (χ3n) is 10.0. The fourth-order valence-electron chi connectivity index (χ4n) is 7.16. The number of esters is 1. The number of Topliss-reactive ketones (excluding diaryl/α,β-unsaturated/α-hetero) is 1. The molecule has 13 nitrogen and oxygen atoms in total. The lowest BCUT2D eigenvalue weighted by molar-refractivity contribution is -0.250. The molecule has 3 aromatic rings. The summed E-state index contributed by atoms with van der Waals surface area (Å²) in [6.45, 7) is 5.49. The lowest BCUT2D eigenvalue weighted by atomic mass is 9.71. The molecule has 13 heteroatoms. The summed E-state index contributed by atoms with van der Waals surface area (Å²) < 4.78 is 17.6. The molecule has 6 atom stereocenters. The molecule has 1 fully saturated rings. The topological polar surface area (TPSA) is 209 Å². The Morgan fingerprint density at radius 2 is 1.67 bits per heavy atom. The average Bonchev–Trinajstić information content (AvgIpc) is 3.11. The van der Waals surface area contributed by atoms with Gasteiger partial charge in [-0.15, -0.1) is 0 Å². The van der Waals surface area contributed by atoms with Crippen molar-refractivity contribution < 1.29 is 58.9 Å². The van der Waals surface area contributed by atoms with Crippen molar-refractivity contribution in [2.45, 2.75) is 96.4 Å². The van der Waals surface area contributed by atoms with Crippen molar-refractivity contribution in [3.05, 3.63) is 93.0 Å². The zero-order valence-electron chi connectivity index (χ0n) is 29.3. The number of carbonyl (C=O) groups is 4. The smallest absolute Gasteiger partial charge is 0.311 e. The van der Waals surface area contributed by atoms with Crippen molar-refractivity contribution in [3.8, 4) is 11.5 Å². The van der Waals surface area contributed by atoms with Crippen LogP contribution in [0.15, 0.2) is 48.5 Å². The number of hydrogen-bond donors (Lipinski definition) is 6. The monoisotopic (exact) mass is 717 g/mol. The zero-order chi connectivity index (χ0) is 37.7. The number of ketones is 3. The largest absolute Gasteiger partial charge is 0.507 e. The Morgan fingerprint density at radius 1 is 0.981 bits per heavy atom. The van der Waals surface area contributed by atoms with E-state index in [4.69, 9.17) is 14.2 Å². The number of aromatic hydroxyl groups is 2. The zero-order valence-corrected chi connectivity index (χ0v) is 29.3. The van der Waals surface area contributed by atoms with Crippen LogP contribution in [0.5, 0.6) is 11.5 Å². The molecule has 6 N–H and O–H groups in total. The Labute approximate surface area is 300 Å². The second-order valence-electron chi connectivity index (χ2n) is 14.8. The van der Waals surface area contributed by atoms with E-state index in [1.807, 2.05) is 30.3 Å². The van der Waals surface area contributed by atoms with Gasteiger partial charge >= 0.3 is 5.97 Å². The van der Waals surface area contributed by atoms with Gasteiger partial charge in [-0.1, -0.05) is 48.5 Å². The number of rotatable bonds is 9. The quantitative estimate of drug-likeness (QED) is 0.109. The van der Waals surface area contributed by atoms with E-state index in [1.54, 1.807) is 27.7 Å². The Kier molecular flexibility index (Phi) is 10.1. The molecule has 6 rings (SSSR count). The number of aliphatic hydroxyl groups is 3. The van der Waals surface area contributed by atoms with Crippen molar-refractivity contribution in [1.82, 2.24) is 5.32 Å². The molecule has 0 saturated carbocycles. The van der Waals surface area contributed by atoms with E-state index in [0.29, 0.717) is 6.54 Å². The van der Waals surface area contributed by atoms with Crippen molar-refractivity contribution in [1.29, 1.82) is 0 Å². The third-order valence-corrected chi connectivity index (χ3v) is 10.0. The van der Waals surface area contributed by atoms with Crippen LogP contribution in [0.3, 0.4) is 0 Å². The van der Waals surface area contributed by atoms with E-state index >= 15 is 0 Å². The number of ether oxygens (including phenoxy) is 3. The summed E-state index contributed by atoms with van der Waals surface area (Å²) in [5.74, 6) is -4.66. The van der Waals surface area contributed by atoms with Gasteiger partial charge in [0, 0.05) is 54.1 Å². The molecule has 0 bridgehead atoms. The van der Waals surface area contributed by atoms with E-state index < -0.39 is 114 Å². The Hall–Kier alpha value is -4.50. The Balaban J connectivity index is 1.40. The van der Waals surface area contributed by atoms with Crippen LogP contribution in [0, 0.1) is 5.41 Å². The van der Waals surface area contributed by atoms with Gasteiger partial charge in [-0.3, -0.25) is 19.2 Å². The molecule has 0 spiro atoms. The normalized spacial score (nSPS) is 25.6. The van der Waals surface area contributed by atoms with Gasteiger partial charge in [0.25, 0.3) is 0 Å². The molecule has 0 amide bonds. The first kappa shape index (κ1) is 37.3. The molecular formula is C39H43NO12. The van der Waals surface area contributed by atoms with E-state index in [-0.39, 0.29) is 34.2 Å². The maximum atomic E-state index is 14.0. The van der Waals surface area contributed by atoms with Crippen LogP contribution < -0.4 is 5.32 Å². The molecular weight excluding hydrogens is 674 g/mol. The molecule has 2 aliphatic carbocycles. The van der Waals surface area contributed by atoms with Crippen molar-refractivity contribution in [2.24, 2.45) is 5.41 Å². The molecule has 276 valence electrons. The first-order chi connectivity index (χ1) is 24.6. The van der Waals surface area contributed by atoms with Gasteiger partial charge in [0.2, 0.25) is 5.78 Å². The minimum Gasteiger partial charge on any atom is -0.507 e. The number of benzene rings is 3. The predicted molar refractivity (Wildman–Crippen MR) is 184 cm³/mol. The molecule has 1 heterocycles. The Bertz CT molecular complexity index is 1920. The van der Waals surface area contributed by atoms with E-state index in [0.717, 1.165) is 5.56 Å². The van der Waals surface area contributed by atoms with Gasteiger partial charge in [0.1, 0.15) is 17.1 Å². The van der Waals surface area contributed by atoms with E-state index in [1.165, 1.54) is 18.2 Å². The summed E-state index contributed by atoms with van der Waals surface area (Å²) in [6, 6.07) is 13.3. The van der Waals surface area contributed by atoms with Gasteiger partial charge in [-0.2, -0.15) is 0 Å². The highest BCUT2D eigenvalue weighted by Crippen LogP contribution is 2.52. The van der Waals surface area contributed by atoms with Gasteiger partial charge in [-0.25, -0.2) is 0 Å². The summed E-state index contributed by atoms with van der Waals surface area (Å²) in [6.07, 6.45) is -5.23. The highest BCUT2D eigenvalue weighted by Gasteiger charge is 2.50. The van der Waals surface area contributed by atoms with Gasteiger partial charge < -0.3 is 45.1 Å². The first-order valence-corrected chi connectivity index (χ1v) is 17.2. The van der Waals surface area contributed by atoms with E-state index in [9.17, 15) is 44.7 Å². The third kappa shape index (κ3) is 6.75. The second kappa shape index (κ2) is 14.1. The number of phenolic OH excluding ortho intramolecular Hbond substituents is 2. The SMILES string of the molecule is C[C@@H]1O[C@@H](O[C@H]2C[C@](O)(C(=O)COC(=O)C(C)(C)C)Cc3c(O)c4c(c(O)c32)C(=O)c2c(CO)cccc2C4=O)C[C@@H](NCc2ccccc2)[C@@H]1O. The molecule has 0 aromatic heterocycles. The molecule has 52 heavy (non-hydrogen) atoms. The summed E-state index contributed by atoms with van der Waals surface area (Å²) in [5, 5.41) is 59.8. The fourth-order valence-corrected chi connectivity index (χ4v) is 7.16. The molecule has 3 aromatic carbocycles. The van der Waals surface area contributed by atoms with Crippen LogP contribution in [0.1, 0.15) is 101 Å². The molecule has 0 radical (unpaired) electrons. The van der Waals surface area contributed by atoms with Gasteiger partial charge in [0.15, 0.2) is 24.5 Å². The maximum Gasteiger partial charge on any atom is 0.311 e. The van der Waals surface area contributed by atoms with Crippen molar-refractivity contribution in [3.63, 3.8) is 0 Å². The highest BCUT2D eigenvalue weighted by atomic mass is 16.7. The number of carbonyl (C=O) groups excluding carboxylic acids is 4. The van der Waals surface area contributed by atoms with Crippen molar-refractivity contribution in [2.75, 3.05) is 6.61 Å². The maximum absolute atomic E-state index is 14.0. The minimum absolute atomic E-state index is 0.0854. The van der Waals surface area contributed by atoms with Gasteiger partial charge in [-0.05, 0) is 38.8 Å². The highest BCUT2D eigenvalue weighted by molar-refractivity contribution is 6.31. The van der Waals surface area contributed by atoms with Crippen LogP contribution in [0.2, 0.25) is 0 Å². The summed E-state index contributed by atoms with van der Waals surface area (Å²) in [5.41, 5.74) is -3.75. The lowest BCUT2D eigenvalue weighted by Gasteiger charge is -2.43. The van der Waals surface area contributed by atoms with Crippen LogP contribution >= 0.6 is 0 Å². The van der Waals surface area contributed by atoms with Crippen LogP contribution in [0.4, 0.5) is 0 Å². The van der Waals surface area contributed by atoms with Crippen LogP contribution in [0.25, 0.3) is 0 Å². The van der Waals surface area contributed by atoms with Crippen molar-refractivity contribution >= 4 is 23.3 Å². The minimum atomic E-state index is -2.33. The Morgan fingerprint density at radius 3 is 2.35 bits per heavy atom. The number of nitrogens with one attached hydrogen (secondary N) is 1. The number of fused-ring (bicyclic) bond motifs is 3. The molecule has 3 aliphatic rings. The predicted octanol–water partition coefficient (Wildman–Crippen LogP) is 2.91. The van der Waals surface area contributed by atoms with Gasteiger partial charge in [0.05, 0.1) is 41.5 Å². The number of hydrogen-bond acceptors (Lipinski definition) is 13. The number of phenols is 2. The van der Waals surface area contributed by atoms with E-state index in [2.05, 4.69) is 5.32 Å². The first-order valence-electron chi connectivity index (χ1n) is 17.2. The van der Waals surface area contributed by atoms with Crippen LogP contribution in [-0.2, 0) is 43.4 Å². The average molecular weight is 718 g/mol. The number of aliphatic hydroxyl groups excluding tert-OH is 2. The second-order valence-corrected chi connectivity index (χ2v) is 14.8. The summed E-state index contributed by atoms with van der Waals surface area (Å²) >= 11 is 0. The standard InChI is InChI=1S/C39H43NO12/c1-19-32(43)24(40-16-20-9-6-5-7-10-20)13-27(51-19)52-25-15-39(49,26(42)18-50-37(48)38(2,3)4)14-23-29(25)36(47)31-30(34(23)45)33(44)22-12-8-11-21(17-41)28(22)35(31)46/h5-12,19,24-25,27,32,40-41,43,45,47,49H,13-18H2,1-4H3/t19-,24+,25-,27-,32+,39-/m0/s1.